The number of aromatic amines is 1. The van der Waals surface area contributed by atoms with E-state index in [4.69, 9.17) is 33.5 Å². The standard InChI is InChI=1S/C25H32N12O13P2/c1-27-19-13-20(30-7-29-19)36(9-31-13)24-18(45-2)17(12(49-24)6-46-51(41,42)35-4-3-28-8-35)50-52(43,44)47-5-11-15(38)16(39)23(48-11)37-10-32-14-21(37)33-25(26)34-22(14)40/h3-4,7-12,15-18,23-24,38-39H,5-6H2,1-2H3,(H,41,42)(H,43,44)(H,27,29,30)(H3,26,33,34,40)/t11-,12-,15-,16-,17-,18-,23-,24-/m1/s1. The molecular formula is C25H32N12O13P2. The van der Waals surface area contributed by atoms with Gasteiger partial charge in [-0.2, -0.15) is 4.98 Å². The molecular weight excluding hydrogens is 738 g/mol. The third kappa shape index (κ3) is 6.61. The number of hydrogen-bond acceptors (Lipinski definition) is 19. The molecule has 0 saturated carbocycles. The molecule has 10 atom stereocenters. The summed E-state index contributed by atoms with van der Waals surface area (Å²) >= 11 is 0. The molecule has 2 unspecified atom stereocenters. The summed E-state index contributed by atoms with van der Waals surface area (Å²) < 4.78 is 63.5. The summed E-state index contributed by atoms with van der Waals surface area (Å²) in [5, 5.41) is 24.4. The Hall–Kier alpha value is -4.23. The van der Waals surface area contributed by atoms with E-state index in [-0.39, 0.29) is 22.8 Å². The summed E-state index contributed by atoms with van der Waals surface area (Å²) in [7, 11) is -6.72. The number of ether oxygens (including phenoxy) is 3. The zero-order valence-electron chi connectivity index (χ0n) is 27.0. The van der Waals surface area contributed by atoms with E-state index in [9.17, 15) is 33.9 Å². The minimum atomic E-state index is -5.13. The Kier molecular flexibility index (Phi) is 9.70. The Morgan fingerprint density at radius 2 is 1.65 bits per heavy atom. The first-order chi connectivity index (χ1) is 24.8. The van der Waals surface area contributed by atoms with Gasteiger partial charge in [0.05, 0.1) is 25.9 Å². The van der Waals surface area contributed by atoms with Crippen molar-refractivity contribution in [3.8, 4) is 0 Å². The number of nitrogens with one attached hydrogen (secondary N) is 2. The molecule has 2 aliphatic heterocycles. The van der Waals surface area contributed by atoms with Crippen molar-refractivity contribution >= 4 is 49.7 Å². The van der Waals surface area contributed by atoms with E-state index in [0.717, 1.165) is 17.0 Å². The fourth-order valence-electron chi connectivity index (χ4n) is 5.88. The van der Waals surface area contributed by atoms with Crippen LogP contribution in [0.25, 0.3) is 22.3 Å². The number of phosphoric acid groups is 1. The van der Waals surface area contributed by atoms with Crippen LogP contribution in [0.4, 0.5) is 11.8 Å². The Labute approximate surface area is 290 Å². The second-order valence-corrected chi connectivity index (χ2v) is 14.6. The van der Waals surface area contributed by atoms with Crippen molar-refractivity contribution in [3.63, 3.8) is 0 Å². The summed E-state index contributed by atoms with van der Waals surface area (Å²) in [6.07, 6.45) is -3.89. The zero-order valence-corrected chi connectivity index (χ0v) is 28.7. The maximum Gasteiger partial charge on any atom is 0.472 e. The maximum absolute atomic E-state index is 13.5. The number of H-pyrrole nitrogens is 1. The first-order valence-electron chi connectivity index (χ1n) is 15.2. The van der Waals surface area contributed by atoms with E-state index in [1.54, 1.807) is 7.05 Å². The van der Waals surface area contributed by atoms with Gasteiger partial charge in [0.1, 0.15) is 54.8 Å². The van der Waals surface area contributed by atoms with Crippen LogP contribution in [0.3, 0.4) is 0 Å². The molecule has 0 aliphatic carbocycles. The smallest absolute Gasteiger partial charge is 0.387 e. The average Bonchev–Trinajstić information content (AvgIpc) is 3.95. The number of rotatable bonds is 13. The molecule has 0 bridgehead atoms. The van der Waals surface area contributed by atoms with Crippen molar-refractivity contribution in [1.82, 2.24) is 48.4 Å². The lowest BCUT2D eigenvalue weighted by Crippen LogP contribution is -2.38. The largest absolute Gasteiger partial charge is 0.472 e. The summed E-state index contributed by atoms with van der Waals surface area (Å²) in [6.45, 7) is -1.45. The fraction of sp³-hybridized carbons (Fsp3) is 0.480. The van der Waals surface area contributed by atoms with Gasteiger partial charge in [0.15, 0.2) is 35.1 Å². The van der Waals surface area contributed by atoms with Gasteiger partial charge in [-0.3, -0.25) is 32.5 Å². The van der Waals surface area contributed by atoms with Crippen LogP contribution < -0.4 is 16.6 Å². The first-order valence-corrected chi connectivity index (χ1v) is 18.2. The third-order valence-corrected chi connectivity index (χ3v) is 10.6. The van der Waals surface area contributed by atoms with Crippen LogP contribution in [0.15, 0.2) is 42.5 Å². The number of nitrogens with two attached hydrogens (primary N) is 1. The molecule has 0 radical (unpaired) electrons. The lowest BCUT2D eigenvalue weighted by molar-refractivity contribution is -0.0580. The minimum absolute atomic E-state index is 0.0512. The predicted octanol–water partition coefficient (Wildman–Crippen LogP) is -1.52. The van der Waals surface area contributed by atoms with Crippen LogP contribution in [0, 0.1) is 0 Å². The fourth-order valence-corrected chi connectivity index (χ4v) is 7.73. The number of aliphatic hydroxyl groups is 2. The molecule has 2 aliphatic rings. The number of hydrogen-bond donors (Lipinski definition) is 7. The van der Waals surface area contributed by atoms with Crippen LogP contribution >= 0.6 is 15.6 Å². The molecule has 280 valence electrons. The molecule has 5 aromatic heterocycles. The Balaban J connectivity index is 1.11. The van der Waals surface area contributed by atoms with E-state index in [0.29, 0.717) is 11.3 Å². The van der Waals surface area contributed by atoms with Crippen molar-refractivity contribution in [1.29, 1.82) is 0 Å². The lowest BCUT2D eigenvalue weighted by Gasteiger charge is -2.26. The number of fused-ring (bicyclic) bond motifs is 2. The molecule has 25 nitrogen and oxygen atoms in total. The van der Waals surface area contributed by atoms with Crippen molar-refractivity contribution in [3.05, 3.63) is 48.1 Å². The zero-order chi connectivity index (χ0) is 36.9. The van der Waals surface area contributed by atoms with E-state index < -0.39 is 83.4 Å². The number of nitrogens with zero attached hydrogens (tertiary/aromatic N) is 9. The van der Waals surface area contributed by atoms with Crippen LogP contribution in [0.5, 0.6) is 0 Å². The van der Waals surface area contributed by atoms with Gasteiger partial charge >= 0.3 is 15.6 Å². The monoisotopic (exact) mass is 770 g/mol. The number of imidazole rings is 3. The second kappa shape index (κ2) is 14.0. The molecule has 2 saturated heterocycles. The first kappa shape index (κ1) is 36.1. The Morgan fingerprint density at radius 1 is 0.942 bits per heavy atom. The molecule has 0 amide bonds. The third-order valence-electron chi connectivity index (χ3n) is 8.34. The highest BCUT2D eigenvalue weighted by Crippen LogP contribution is 2.51. The molecule has 5 aromatic rings. The SMILES string of the molecule is CNc1ncnc2c1ncn2[C@@H]1O[C@H](COP(=O)(O)n2ccnc2)[C@@H](OP(=O)(O)OC[C@H]2O[C@@H](n3cnc4c(=O)[nH]c(N)nc43)[C@H](O)[C@@H]2O)[C@H]1OC. The van der Waals surface area contributed by atoms with Crippen molar-refractivity contribution in [2.24, 2.45) is 0 Å². The Morgan fingerprint density at radius 3 is 2.37 bits per heavy atom. The lowest BCUT2D eigenvalue weighted by atomic mass is 10.1. The highest BCUT2D eigenvalue weighted by Gasteiger charge is 2.52. The number of aliphatic hydroxyl groups excluding tert-OH is 2. The topological polar surface area (TPSA) is 333 Å². The number of anilines is 2. The summed E-state index contributed by atoms with van der Waals surface area (Å²) in [5.41, 5.74) is 5.48. The summed E-state index contributed by atoms with van der Waals surface area (Å²) in [4.78, 5) is 60.4. The molecule has 52 heavy (non-hydrogen) atoms. The van der Waals surface area contributed by atoms with Crippen LogP contribution in [-0.4, -0.2) is 132 Å². The number of aromatic nitrogens is 10. The van der Waals surface area contributed by atoms with Gasteiger partial charge in [-0.1, -0.05) is 0 Å². The van der Waals surface area contributed by atoms with Gasteiger partial charge in [-0.25, -0.2) is 38.4 Å². The van der Waals surface area contributed by atoms with Crippen LogP contribution in [0.2, 0.25) is 0 Å². The molecule has 0 spiro atoms. The summed E-state index contributed by atoms with van der Waals surface area (Å²) in [5.74, 6) is 0.166. The normalized spacial score (nSPS) is 28.7. The van der Waals surface area contributed by atoms with Crippen LogP contribution in [0.1, 0.15) is 12.5 Å². The minimum Gasteiger partial charge on any atom is -0.387 e. The van der Waals surface area contributed by atoms with E-state index >= 15 is 0 Å². The van der Waals surface area contributed by atoms with E-state index in [2.05, 4.69) is 40.2 Å². The quantitative estimate of drug-likeness (QED) is 0.0668. The number of phosphoric ester groups is 1. The van der Waals surface area contributed by atoms with Crippen molar-refractivity contribution < 1.29 is 56.9 Å². The van der Waals surface area contributed by atoms with E-state index in [1.807, 2.05) is 0 Å². The van der Waals surface area contributed by atoms with Gasteiger partial charge in [-0.05, 0) is 0 Å². The predicted molar refractivity (Wildman–Crippen MR) is 172 cm³/mol. The molecule has 27 heteroatoms. The van der Waals surface area contributed by atoms with Gasteiger partial charge in [0, 0.05) is 26.6 Å². The van der Waals surface area contributed by atoms with Gasteiger partial charge in [-0.15, -0.1) is 0 Å². The highest BCUT2D eigenvalue weighted by atomic mass is 31.2. The molecule has 2 fully saturated rings. The van der Waals surface area contributed by atoms with Gasteiger partial charge in [0.2, 0.25) is 5.95 Å². The number of nitrogen functional groups attached to an aromatic ring is 1. The highest BCUT2D eigenvalue weighted by molar-refractivity contribution is 7.51. The molecule has 8 N–H and O–H groups in total. The summed E-state index contributed by atoms with van der Waals surface area (Å²) in [6, 6.07) is 0. The maximum atomic E-state index is 13.5. The second-order valence-electron chi connectivity index (χ2n) is 11.4. The average molecular weight is 771 g/mol. The number of methoxy groups -OCH3 is 1. The molecule has 7 heterocycles. The van der Waals surface area contributed by atoms with Crippen LogP contribution in [-0.2, 0) is 36.9 Å². The van der Waals surface area contributed by atoms with E-state index in [1.165, 1.54) is 41.3 Å². The van der Waals surface area contributed by atoms with Crippen molar-refractivity contribution in [2.75, 3.05) is 38.4 Å². The Bertz CT molecular complexity index is 2220. The molecule has 0 aromatic carbocycles. The van der Waals surface area contributed by atoms with Crippen molar-refractivity contribution in [2.45, 2.75) is 49.1 Å². The van der Waals surface area contributed by atoms with Gasteiger partial charge in [0.25, 0.3) is 5.56 Å². The van der Waals surface area contributed by atoms with Gasteiger partial charge < -0.3 is 45.3 Å². The molecule has 7 rings (SSSR count).